The molecule has 5 heteroatoms. The van der Waals surface area contributed by atoms with Gasteiger partial charge in [-0.25, -0.2) is 9.97 Å². The van der Waals surface area contributed by atoms with Crippen molar-refractivity contribution in [1.29, 1.82) is 5.26 Å². The molecule has 0 aliphatic carbocycles. The molecule has 1 aromatic carbocycles. The number of fused-ring (bicyclic) bond motifs is 1. The molecule has 5 rings (SSSR count). The van der Waals surface area contributed by atoms with Crippen LogP contribution in [0.4, 0.5) is 5.82 Å². The normalized spacial score (nSPS) is 20.8. The van der Waals surface area contributed by atoms with Gasteiger partial charge in [0.1, 0.15) is 17.7 Å². The fourth-order valence-corrected chi connectivity index (χ4v) is 4.46. The van der Waals surface area contributed by atoms with E-state index in [4.69, 9.17) is 10.2 Å². The summed E-state index contributed by atoms with van der Waals surface area (Å²) < 4.78 is 2.40. The van der Waals surface area contributed by atoms with Gasteiger partial charge in [-0.05, 0) is 31.0 Å². The summed E-state index contributed by atoms with van der Waals surface area (Å²) in [5.74, 6) is 2.16. The fourth-order valence-electron chi connectivity index (χ4n) is 4.46. The zero-order valence-corrected chi connectivity index (χ0v) is 15.4. The molecular weight excluding hydrogens is 334 g/mol. The first-order valence-corrected chi connectivity index (χ1v) is 9.38. The minimum Gasteiger partial charge on any atom is -0.356 e. The van der Waals surface area contributed by atoms with Crippen LogP contribution in [-0.2, 0) is 13.0 Å². The number of nitriles is 1. The van der Waals surface area contributed by atoms with E-state index in [1.165, 1.54) is 22.6 Å². The smallest absolute Gasteiger partial charge is 0.128 e. The average Bonchev–Trinajstić information content (AvgIpc) is 3.38. The van der Waals surface area contributed by atoms with Crippen LogP contribution in [0.1, 0.15) is 23.4 Å². The summed E-state index contributed by atoms with van der Waals surface area (Å²) in [6.07, 6.45) is 5.84. The van der Waals surface area contributed by atoms with E-state index in [-0.39, 0.29) is 5.41 Å². The number of rotatable bonds is 2. The number of nitrogens with zero attached hydrogens (tertiary/aromatic N) is 5. The van der Waals surface area contributed by atoms with E-state index in [1.54, 1.807) is 6.20 Å². The van der Waals surface area contributed by atoms with E-state index < -0.39 is 0 Å². The van der Waals surface area contributed by atoms with Gasteiger partial charge in [0.25, 0.3) is 0 Å². The van der Waals surface area contributed by atoms with Crippen LogP contribution in [0, 0.1) is 23.7 Å². The van der Waals surface area contributed by atoms with Crippen LogP contribution in [0.3, 0.4) is 0 Å². The Balaban J connectivity index is 1.38. The van der Waals surface area contributed by atoms with E-state index in [1.807, 2.05) is 18.3 Å². The van der Waals surface area contributed by atoms with Gasteiger partial charge >= 0.3 is 0 Å². The molecule has 0 N–H and O–H groups in total. The molecule has 2 aliphatic heterocycles. The molecule has 1 spiro atoms. The number of benzene rings is 1. The number of aryl methyl sites for hydroxylation is 1. The maximum absolute atomic E-state index is 8.96. The Morgan fingerprint density at radius 2 is 1.89 bits per heavy atom. The van der Waals surface area contributed by atoms with Crippen LogP contribution < -0.4 is 4.90 Å². The van der Waals surface area contributed by atoms with Crippen molar-refractivity contribution in [2.75, 3.05) is 18.0 Å². The molecule has 5 nitrogen and oxygen atoms in total. The molecule has 27 heavy (non-hydrogen) atoms. The third-order valence-corrected chi connectivity index (χ3v) is 5.95. The van der Waals surface area contributed by atoms with Gasteiger partial charge in [-0.15, -0.1) is 0 Å². The minimum atomic E-state index is 0.235. The van der Waals surface area contributed by atoms with Gasteiger partial charge in [0.2, 0.25) is 0 Å². The SMILES string of the molecule is Cc1ccc(-c2cnc3n2C[C@@]2(CCN(c4ccc(C#N)cn4)C2)C3)cc1. The molecule has 0 bridgehead atoms. The minimum absolute atomic E-state index is 0.235. The van der Waals surface area contributed by atoms with Crippen molar-refractivity contribution in [3.8, 4) is 17.3 Å². The number of aromatic nitrogens is 3. The maximum atomic E-state index is 8.96. The molecule has 0 amide bonds. The van der Waals surface area contributed by atoms with E-state index >= 15 is 0 Å². The van der Waals surface area contributed by atoms with Gasteiger partial charge in [0.05, 0.1) is 17.5 Å². The molecule has 1 saturated heterocycles. The Kier molecular flexibility index (Phi) is 3.54. The monoisotopic (exact) mass is 355 g/mol. The first-order chi connectivity index (χ1) is 13.2. The molecule has 0 radical (unpaired) electrons. The van der Waals surface area contributed by atoms with E-state index in [2.05, 4.69) is 51.7 Å². The summed E-state index contributed by atoms with van der Waals surface area (Å²) in [6.45, 7) is 5.12. The summed E-state index contributed by atoms with van der Waals surface area (Å²) in [7, 11) is 0. The first-order valence-electron chi connectivity index (χ1n) is 9.38. The number of anilines is 1. The van der Waals surface area contributed by atoms with Crippen molar-refractivity contribution >= 4 is 5.82 Å². The predicted molar refractivity (Wildman–Crippen MR) is 104 cm³/mol. The Bertz CT molecular complexity index is 1030. The second-order valence-corrected chi connectivity index (χ2v) is 7.88. The molecule has 0 unspecified atom stereocenters. The highest BCUT2D eigenvalue weighted by atomic mass is 15.2. The number of hydrogen-bond donors (Lipinski definition) is 0. The average molecular weight is 355 g/mol. The van der Waals surface area contributed by atoms with E-state index in [9.17, 15) is 0 Å². The quantitative estimate of drug-likeness (QED) is 0.705. The number of pyridine rings is 1. The van der Waals surface area contributed by atoms with Crippen LogP contribution in [-0.4, -0.2) is 27.6 Å². The molecule has 134 valence electrons. The second-order valence-electron chi connectivity index (χ2n) is 7.88. The third-order valence-electron chi connectivity index (χ3n) is 5.95. The highest BCUT2D eigenvalue weighted by Crippen LogP contribution is 2.43. The van der Waals surface area contributed by atoms with Crippen LogP contribution in [0.25, 0.3) is 11.3 Å². The van der Waals surface area contributed by atoms with Crippen molar-refractivity contribution < 1.29 is 0 Å². The first kappa shape index (κ1) is 16.1. The summed E-state index contributed by atoms with van der Waals surface area (Å²) in [4.78, 5) is 11.6. The Labute approximate surface area is 158 Å². The third kappa shape index (κ3) is 2.69. The zero-order chi connectivity index (χ0) is 18.4. The van der Waals surface area contributed by atoms with Gasteiger partial charge in [-0.2, -0.15) is 5.26 Å². The van der Waals surface area contributed by atoms with Crippen molar-refractivity contribution in [3.63, 3.8) is 0 Å². The highest BCUT2D eigenvalue weighted by molar-refractivity contribution is 5.60. The molecule has 2 aromatic heterocycles. The van der Waals surface area contributed by atoms with Gasteiger partial charge in [-0.1, -0.05) is 29.8 Å². The molecule has 3 aromatic rings. The molecular formula is C22H21N5. The Hall–Kier alpha value is -3.13. The molecule has 4 heterocycles. The van der Waals surface area contributed by atoms with Crippen LogP contribution in [0.15, 0.2) is 48.8 Å². The van der Waals surface area contributed by atoms with Gasteiger partial charge < -0.3 is 9.47 Å². The predicted octanol–water partition coefficient (Wildman–Crippen LogP) is 3.58. The van der Waals surface area contributed by atoms with Crippen molar-refractivity contribution in [2.24, 2.45) is 5.41 Å². The lowest BCUT2D eigenvalue weighted by atomic mass is 9.86. The second kappa shape index (κ2) is 5.95. The van der Waals surface area contributed by atoms with Gasteiger partial charge in [-0.3, -0.25) is 0 Å². The van der Waals surface area contributed by atoms with Crippen molar-refractivity contribution in [1.82, 2.24) is 14.5 Å². The van der Waals surface area contributed by atoms with Gasteiger partial charge in [0, 0.05) is 37.7 Å². The summed E-state index contributed by atoms with van der Waals surface area (Å²) in [5.41, 5.74) is 4.57. The summed E-state index contributed by atoms with van der Waals surface area (Å²) >= 11 is 0. The fraction of sp³-hybridized carbons (Fsp3) is 0.318. The summed E-state index contributed by atoms with van der Waals surface area (Å²) in [6, 6.07) is 14.6. The largest absolute Gasteiger partial charge is 0.356 e. The molecule has 0 saturated carbocycles. The van der Waals surface area contributed by atoms with Crippen molar-refractivity contribution in [3.05, 3.63) is 65.7 Å². The van der Waals surface area contributed by atoms with Crippen LogP contribution in [0.2, 0.25) is 0 Å². The Morgan fingerprint density at radius 1 is 1.04 bits per heavy atom. The molecule has 1 fully saturated rings. The standard InChI is InChI=1S/C22H21N5/c1-16-2-5-18(6-3-16)19-13-25-21-10-22(15-27(19)21)8-9-26(14-22)20-7-4-17(11-23)12-24-20/h2-7,12-13H,8-10,14-15H2,1H3/t22-/m0/s1. The lowest BCUT2D eigenvalue weighted by Gasteiger charge is -2.24. The topological polar surface area (TPSA) is 57.7 Å². The van der Waals surface area contributed by atoms with Crippen LogP contribution >= 0.6 is 0 Å². The van der Waals surface area contributed by atoms with Crippen LogP contribution in [0.5, 0.6) is 0 Å². The highest BCUT2D eigenvalue weighted by Gasteiger charge is 2.44. The zero-order valence-electron chi connectivity index (χ0n) is 15.4. The Morgan fingerprint density at radius 3 is 2.63 bits per heavy atom. The number of hydrogen-bond acceptors (Lipinski definition) is 4. The van der Waals surface area contributed by atoms with E-state index in [0.29, 0.717) is 5.56 Å². The van der Waals surface area contributed by atoms with Gasteiger partial charge in [0.15, 0.2) is 0 Å². The lowest BCUT2D eigenvalue weighted by Crippen LogP contribution is -2.29. The lowest BCUT2D eigenvalue weighted by molar-refractivity contribution is 0.321. The van der Waals surface area contributed by atoms with E-state index in [0.717, 1.165) is 38.3 Å². The molecule has 1 atom stereocenters. The number of imidazole rings is 1. The maximum Gasteiger partial charge on any atom is 0.128 e. The van der Waals surface area contributed by atoms with Crippen molar-refractivity contribution in [2.45, 2.75) is 26.3 Å². The molecule has 2 aliphatic rings. The summed E-state index contributed by atoms with van der Waals surface area (Å²) in [5, 5.41) is 8.96.